The Morgan fingerprint density at radius 3 is 2.48 bits per heavy atom. The zero-order chi connectivity index (χ0) is 16.5. The molecule has 0 radical (unpaired) electrons. The maximum absolute atomic E-state index is 12.1. The predicted octanol–water partition coefficient (Wildman–Crippen LogP) is 2.91. The van der Waals surface area contributed by atoms with Crippen LogP contribution in [0.3, 0.4) is 0 Å². The molecular weight excluding hydrogens is 403 g/mol. The van der Waals surface area contributed by atoms with Crippen LogP contribution in [-0.2, 0) is 6.54 Å². The van der Waals surface area contributed by atoms with E-state index in [0.29, 0.717) is 18.2 Å². The van der Waals surface area contributed by atoms with Crippen molar-refractivity contribution in [3.8, 4) is 0 Å². The molecule has 1 rings (SSSR count). The van der Waals surface area contributed by atoms with Crippen molar-refractivity contribution in [2.24, 2.45) is 4.99 Å². The number of halogens is 1. The Morgan fingerprint density at radius 1 is 1.22 bits per heavy atom. The molecule has 3 N–H and O–H groups in total. The summed E-state index contributed by atoms with van der Waals surface area (Å²) in [6.45, 7) is 8.81. The van der Waals surface area contributed by atoms with E-state index in [0.717, 1.165) is 17.9 Å². The molecule has 0 aliphatic heterocycles. The summed E-state index contributed by atoms with van der Waals surface area (Å²) >= 11 is 0. The number of amides is 1. The van der Waals surface area contributed by atoms with Gasteiger partial charge in [0.1, 0.15) is 0 Å². The molecule has 0 bridgehead atoms. The van der Waals surface area contributed by atoms with Gasteiger partial charge in [-0.25, -0.2) is 0 Å². The first kappa shape index (κ1) is 21.7. The first-order valence-electron chi connectivity index (χ1n) is 7.83. The van der Waals surface area contributed by atoms with Crippen molar-refractivity contribution in [2.75, 3.05) is 7.05 Å². The molecule has 6 heteroatoms. The van der Waals surface area contributed by atoms with Gasteiger partial charge >= 0.3 is 0 Å². The highest BCUT2D eigenvalue weighted by molar-refractivity contribution is 14.0. The van der Waals surface area contributed by atoms with Gasteiger partial charge in [-0.15, -0.1) is 24.0 Å². The third-order valence-corrected chi connectivity index (χ3v) is 3.29. The van der Waals surface area contributed by atoms with Crippen LogP contribution in [0.25, 0.3) is 0 Å². The van der Waals surface area contributed by atoms with Gasteiger partial charge in [0, 0.05) is 31.2 Å². The fourth-order valence-electron chi connectivity index (χ4n) is 1.89. The molecule has 130 valence electrons. The number of rotatable bonds is 6. The van der Waals surface area contributed by atoms with Crippen molar-refractivity contribution in [3.05, 3.63) is 35.4 Å². The fraction of sp³-hybridized carbons (Fsp3) is 0.529. The molecule has 1 unspecified atom stereocenters. The van der Waals surface area contributed by atoms with Crippen molar-refractivity contribution in [2.45, 2.75) is 52.7 Å². The lowest BCUT2D eigenvalue weighted by atomic mass is 10.1. The maximum atomic E-state index is 12.1. The van der Waals surface area contributed by atoms with Crippen molar-refractivity contribution in [3.63, 3.8) is 0 Å². The van der Waals surface area contributed by atoms with E-state index in [4.69, 9.17) is 0 Å². The first-order valence-corrected chi connectivity index (χ1v) is 7.83. The molecule has 0 saturated heterocycles. The van der Waals surface area contributed by atoms with Crippen molar-refractivity contribution < 1.29 is 4.79 Å². The summed E-state index contributed by atoms with van der Waals surface area (Å²) in [6.07, 6.45) is 0.921. The van der Waals surface area contributed by atoms with Crippen LogP contribution in [0.4, 0.5) is 0 Å². The largest absolute Gasteiger partial charge is 0.354 e. The zero-order valence-corrected chi connectivity index (χ0v) is 17.0. The molecule has 0 fully saturated rings. The second kappa shape index (κ2) is 11.3. The summed E-state index contributed by atoms with van der Waals surface area (Å²) in [4.78, 5) is 16.3. The lowest BCUT2D eigenvalue weighted by molar-refractivity contribution is 0.0939. The normalized spacial score (nSPS) is 12.3. The second-order valence-corrected chi connectivity index (χ2v) is 5.71. The molecule has 1 atom stereocenters. The zero-order valence-electron chi connectivity index (χ0n) is 14.6. The van der Waals surface area contributed by atoms with E-state index in [1.807, 2.05) is 31.2 Å². The van der Waals surface area contributed by atoms with Gasteiger partial charge in [-0.1, -0.05) is 19.1 Å². The molecule has 1 aromatic carbocycles. The van der Waals surface area contributed by atoms with Crippen LogP contribution in [0.5, 0.6) is 0 Å². The number of carbonyl (C=O) groups excluding carboxylic acids is 1. The molecule has 1 amide bonds. The lowest BCUT2D eigenvalue weighted by Crippen LogP contribution is -2.40. The van der Waals surface area contributed by atoms with Gasteiger partial charge in [-0.3, -0.25) is 9.79 Å². The molecule has 0 aliphatic carbocycles. The number of nitrogens with one attached hydrogen (secondary N) is 3. The molecular formula is C17H29IN4O. The molecule has 5 nitrogen and oxygen atoms in total. The maximum Gasteiger partial charge on any atom is 0.251 e. The molecule has 0 heterocycles. The second-order valence-electron chi connectivity index (χ2n) is 5.71. The van der Waals surface area contributed by atoms with E-state index >= 15 is 0 Å². The summed E-state index contributed by atoms with van der Waals surface area (Å²) < 4.78 is 0. The number of aliphatic imine (C=N–C) groups is 1. The number of guanidine groups is 1. The van der Waals surface area contributed by atoms with E-state index in [1.54, 1.807) is 7.05 Å². The predicted molar refractivity (Wildman–Crippen MR) is 108 cm³/mol. The van der Waals surface area contributed by atoms with Crippen LogP contribution >= 0.6 is 24.0 Å². The summed E-state index contributed by atoms with van der Waals surface area (Å²) in [5.41, 5.74) is 1.73. The molecule has 1 aromatic rings. The number of hydrogen-bond donors (Lipinski definition) is 3. The van der Waals surface area contributed by atoms with Crippen molar-refractivity contribution >= 4 is 35.8 Å². The van der Waals surface area contributed by atoms with Crippen LogP contribution in [-0.4, -0.2) is 31.0 Å². The first-order chi connectivity index (χ1) is 10.5. The smallest absolute Gasteiger partial charge is 0.251 e. The van der Waals surface area contributed by atoms with Gasteiger partial charge < -0.3 is 16.0 Å². The minimum absolute atomic E-state index is 0. The highest BCUT2D eigenvalue weighted by atomic mass is 127. The number of carbonyl (C=O) groups is 1. The van der Waals surface area contributed by atoms with Gasteiger partial charge in [-0.05, 0) is 44.9 Å². The van der Waals surface area contributed by atoms with Gasteiger partial charge in [0.25, 0.3) is 5.91 Å². The Bertz CT molecular complexity index is 517. The Hall–Kier alpha value is -1.31. The Balaban J connectivity index is 0.00000484. The van der Waals surface area contributed by atoms with E-state index in [2.05, 4.69) is 41.7 Å². The van der Waals surface area contributed by atoms with Crippen LogP contribution in [0, 0.1) is 0 Å². The monoisotopic (exact) mass is 432 g/mol. The Morgan fingerprint density at radius 2 is 1.91 bits per heavy atom. The van der Waals surface area contributed by atoms with Gasteiger partial charge in [0.05, 0.1) is 0 Å². The minimum Gasteiger partial charge on any atom is -0.354 e. The highest BCUT2D eigenvalue weighted by Crippen LogP contribution is 2.06. The van der Waals surface area contributed by atoms with E-state index in [1.165, 1.54) is 0 Å². The Kier molecular flexibility index (Phi) is 10.6. The molecule has 0 aromatic heterocycles. The summed E-state index contributed by atoms with van der Waals surface area (Å²) in [7, 11) is 1.74. The topological polar surface area (TPSA) is 65.5 Å². The summed E-state index contributed by atoms with van der Waals surface area (Å²) in [5.74, 6) is 0.727. The summed E-state index contributed by atoms with van der Waals surface area (Å²) in [5, 5.41) is 9.45. The number of benzene rings is 1. The van der Waals surface area contributed by atoms with Crippen LogP contribution in [0.15, 0.2) is 29.3 Å². The van der Waals surface area contributed by atoms with Gasteiger partial charge in [0.2, 0.25) is 0 Å². The SMILES string of the molecule is CCC(C)NC(=O)c1cccc(CNC(=NC)NC(C)C)c1.I. The average molecular weight is 432 g/mol. The third-order valence-electron chi connectivity index (χ3n) is 3.29. The summed E-state index contributed by atoms with van der Waals surface area (Å²) in [6, 6.07) is 8.15. The van der Waals surface area contributed by atoms with E-state index < -0.39 is 0 Å². The number of hydrogen-bond acceptors (Lipinski definition) is 2. The third kappa shape index (κ3) is 8.20. The average Bonchev–Trinajstić information content (AvgIpc) is 2.51. The highest BCUT2D eigenvalue weighted by Gasteiger charge is 2.09. The lowest BCUT2D eigenvalue weighted by Gasteiger charge is -2.15. The number of nitrogens with zero attached hydrogens (tertiary/aromatic N) is 1. The van der Waals surface area contributed by atoms with Crippen LogP contribution in [0.1, 0.15) is 50.0 Å². The van der Waals surface area contributed by atoms with Crippen LogP contribution in [0.2, 0.25) is 0 Å². The standard InChI is InChI=1S/C17H28N4O.HI/c1-6-13(4)21-16(22)15-9-7-8-14(10-15)11-19-17(18-5)20-12(2)3;/h7-10,12-13H,6,11H2,1-5H3,(H,21,22)(H2,18,19,20);1H. The van der Waals surface area contributed by atoms with Gasteiger partial charge in [0.15, 0.2) is 5.96 Å². The van der Waals surface area contributed by atoms with E-state index in [-0.39, 0.29) is 35.9 Å². The molecule has 0 aliphatic rings. The molecule has 23 heavy (non-hydrogen) atoms. The van der Waals surface area contributed by atoms with Crippen LogP contribution < -0.4 is 16.0 Å². The quantitative estimate of drug-likeness (QED) is 0.368. The van der Waals surface area contributed by atoms with E-state index in [9.17, 15) is 4.79 Å². The molecule has 0 saturated carbocycles. The fourth-order valence-corrected chi connectivity index (χ4v) is 1.89. The Labute approximate surface area is 156 Å². The van der Waals surface area contributed by atoms with Crippen molar-refractivity contribution in [1.29, 1.82) is 0 Å². The van der Waals surface area contributed by atoms with Gasteiger partial charge in [-0.2, -0.15) is 0 Å². The minimum atomic E-state index is -0.0270. The molecule has 0 spiro atoms. The van der Waals surface area contributed by atoms with Crippen molar-refractivity contribution in [1.82, 2.24) is 16.0 Å².